The van der Waals surface area contributed by atoms with Gasteiger partial charge in [-0.15, -0.1) is 0 Å². The average molecular weight is 671 g/mol. The molecule has 0 amide bonds. The second kappa shape index (κ2) is 13.7. The lowest BCUT2D eigenvalue weighted by atomic mass is 9.71. The minimum Gasteiger partial charge on any atom is -0.496 e. The van der Waals surface area contributed by atoms with Gasteiger partial charge in [0, 0.05) is 44.4 Å². The predicted octanol–water partition coefficient (Wildman–Crippen LogP) is 7.54. The van der Waals surface area contributed by atoms with Gasteiger partial charge in [-0.25, -0.2) is 4.79 Å². The second-order valence-corrected chi connectivity index (χ2v) is 14.5. The fourth-order valence-corrected chi connectivity index (χ4v) is 6.93. The van der Waals surface area contributed by atoms with E-state index < -0.39 is 35.1 Å². The van der Waals surface area contributed by atoms with E-state index in [0.717, 1.165) is 23.3 Å². The third-order valence-electron chi connectivity index (χ3n) is 11.2. The van der Waals surface area contributed by atoms with Crippen molar-refractivity contribution in [2.75, 3.05) is 7.11 Å². The third-order valence-corrected chi connectivity index (χ3v) is 11.2. The van der Waals surface area contributed by atoms with Crippen molar-refractivity contribution in [1.29, 1.82) is 0 Å². The number of ketones is 1. The fourth-order valence-electron chi connectivity index (χ4n) is 6.93. The van der Waals surface area contributed by atoms with E-state index in [9.17, 15) is 19.8 Å². The first-order valence-corrected chi connectivity index (χ1v) is 17.2. The molecule has 8 nitrogen and oxygen atoms in total. The number of rotatable bonds is 11. The Morgan fingerprint density at radius 1 is 0.939 bits per heavy atom. The van der Waals surface area contributed by atoms with Gasteiger partial charge in [-0.2, -0.15) is 0 Å². The van der Waals surface area contributed by atoms with E-state index in [2.05, 4.69) is 26.0 Å². The van der Waals surface area contributed by atoms with Crippen molar-refractivity contribution in [3.8, 4) is 11.5 Å². The van der Waals surface area contributed by atoms with Crippen LogP contribution >= 0.6 is 0 Å². The number of aliphatic hydroxyl groups is 2. The summed E-state index contributed by atoms with van der Waals surface area (Å²) in [4.78, 5) is 27.8. The van der Waals surface area contributed by atoms with Crippen molar-refractivity contribution in [1.82, 2.24) is 0 Å². The van der Waals surface area contributed by atoms with Crippen LogP contribution in [0.3, 0.4) is 0 Å². The SMILES string of the molecule is CCC(C)(Cc1cc2ccc(O[C@@H]3OC(C)(C)[C@H](C)[C@@H](O)C3O)c(C)c2oc1=O)C(=O)c1ccc(OC)c(C(C)(CC)c2ccccc2)c1. The Balaban J connectivity index is 1.45. The number of hydrogen-bond donors (Lipinski definition) is 2. The number of hydrogen-bond acceptors (Lipinski definition) is 8. The Bertz CT molecular complexity index is 1880. The standard InChI is InChI=1S/C41H50O8/c1-10-40(7,36(44)27-18-20-32(46-9)30(22-27)41(8,11-2)29-15-13-12-14-16-29)23-28-21-26-17-19-31(24(3)35(26)48-37(28)45)47-38-34(43)33(42)25(4)39(5,6)49-38/h12-22,25,33-34,38,42-43H,10-11,23H2,1-9H3/t25-,33-,34?,38-,40?,41?/m1/s1. The smallest absolute Gasteiger partial charge is 0.339 e. The summed E-state index contributed by atoms with van der Waals surface area (Å²) in [6, 6.07) is 21.1. The Labute approximate surface area is 289 Å². The number of fused-ring (bicyclic) bond motifs is 1. The zero-order valence-electron chi connectivity index (χ0n) is 30.1. The van der Waals surface area contributed by atoms with Crippen LogP contribution in [-0.2, 0) is 16.6 Å². The van der Waals surface area contributed by atoms with Crippen LogP contribution in [0.1, 0.15) is 93.9 Å². The topological polar surface area (TPSA) is 115 Å². The maximum atomic E-state index is 14.3. The number of aryl methyl sites for hydroxylation is 1. The molecule has 262 valence electrons. The van der Waals surface area contributed by atoms with Gasteiger partial charge < -0.3 is 28.8 Å². The number of methoxy groups -OCH3 is 1. The Morgan fingerprint density at radius 3 is 2.24 bits per heavy atom. The van der Waals surface area contributed by atoms with Crippen LogP contribution in [-0.4, -0.2) is 47.2 Å². The quantitative estimate of drug-likeness (QED) is 0.124. The molecular formula is C41H50O8. The highest BCUT2D eigenvalue weighted by molar-refractivity contribution is 6.01. The summed E-state index contributed by atoms with van der Waals surface area (Å²) in [5, 5.41) is 22.0. The number of Topliss-reactive ketones (excluding diaryl/α,β-unsaturated/α-hetero) is 1. The molecule has 0 spiro atoms. The van der Waals surface area contributed by atoms with E-state index in [1.54, 1.807) is 38.3 Å². The molecule has 2 N–H and O–H groups in total. The molecule has 1 saturated heterocycles. The first-order valence-electron chi connectivity index (χ1n) is 17.2. The minimum atomic E-state index is -1.26. The lowest BCUT2D eigenvalue weighted by molar-refractivity contribution is -0.285. The van der Waals surface area contributed by atoms with Crippen LogP contribution < -0.4 is 15.1 Å². The van der Waals surface area contributed by atoms with Gasteiger partial charge in [0.05, 0.1) is 18.8 Å². The third kappa shape index (κ3) is 6.66. The lowest BCUT2D eigenvalue weighted by Crippen LogP contribution is -2.59. The summed E-state index contributed by atoms with van der Waals surface area (Å²) in [6.45, 7) is 15.4. The predicted molar refractivity (Wildman–Crippen MR) is 191 cm³/mol. The molecule has 2 heterocycles. The molecular weight excluding hydrogens is 620 g/mol. The number of carbonyl (C=O) groups excluding carboxylic acids is 1. The average Bonchev–Trinajstić information content (AvgIpc) is 3.10. The Morgan fingerprint density at radius 2 is 1.61 bits per heavy atom. The molecule has 1 aliphatic rings. The second-order valence-electron chi connectivity index (χ2n) is 14.5. The number of ether oxygens (including phenoxy) is 3. The van der Waals surface area contributed by atoms with Gasteiger partial charge in [0.1, 0.15) is 23.2 Å². The van der Waals surface area contributed by atoms with Gasteiger partial charge in [-0.05, 0) is 82.0 Å². The van der Waals surface area contributed by atoms with E-state index in [1.807, 2.05) is 65.0 Å². The van der Waals surface area contributed by atoms with Crippen LogP contribution in [0.4, 0.5) is 0 Å². The maximum Gasteiger partial charge on any atom is 0.339 e. The van der Waals surface area contributed by atoms with Crippen molar-refractivity contribution >= 4 is 16.8 Å². The molecule has 8 heteroatoms. The summed E-state index contributed by atoms with van der Waals surface area (Å²) in [5.41, 5.74) is 1.39. The zero-order valence-corrected chi connectivity index (χ0v) is 30.1. The molecule has 5 rings (SSSR count). The molecule has 0 radical (unpaired) electrons. The van der Waals surface area contributed by atoms with Gasteiger partial charge in [-0.3, -0.25) is 4.79 Å². The molecule has 0 aliphatic carbocycles. The monoisotopic (exact) mass is 670 g/mol. The number of carbonyl (C=O) groups is 1. The number of benzene rings is 3. The Hall–Kier alpha value is -3.98. The highest BCUT2D eigenvalue weighted by Crippen LogP contribution is 2.42. The Kier molecular flexibility index (Phi) is 10.2. The van der Waals surface area contributed by atoms with Crippen LogP contribution in [0.5, 0.6) is 11.5 Å². The van der Waals surface area contributed by atoms with Gasteiger partial charge >= 0.3 is 5.63 Å². The van der Waals surface area contributed by atoms with Crippen LogP contribution in [0, 0.1) is 18.3 Å². The van der Waals surface area contributed by atoms with E-state index in [4.69, 9.17) is 18.6 Å². The van der Waals surface area contributed by atoms with Crippen molar-refractivity contribution in [3.63, 3.8) is 0 Å². The van der Waals surface area contributed by atoms with Gasteiger partial charge in [0.2, 0.25) is 6.29 Å². The summed E-state index contributed by atoms with van der Waals surface area (Å²) in [6.07, 6.45) is -1.90. The molecule has 1 aromatic heterocycles. The van der Waals surface area contributed by atoms with Crippen molar-refractivity contribution < 1.29 is 33.6 Å². The summed E-state index contributed by atoms with van der Waals surface area (Å²) < 4.78 is 23.7. The van der Waals surface area contributed by atoms with Gasteiger partial charge in [0.15, 0.2) is 5.78 Å². The largest absolute Gasteiger partial charge is 0.496 e. The van der Waals surface area contributed by atoms with Crippen LogP contribution in [0.15, 0.2) is 75.9 Å². The molecule has 0 bridgehead atoms. The summed E-state index contributed by atoms with van der Waals surface area (Å²) in [7, 11) is 1.64. The molecule has 4 aromatic rings. The molecule has 3 aromatic carbocycles. The highest BCUT2D eigenvalue weighted by atomic mass is 16.7. The summed E-state index contributed by atoms with van der Waals surface area (Å²) in [5.74, 6) is 0.712. The van der Waals surface area contributed by atoms with Gasteiger partial charge in [0.25, 0.3) is 0 Å². The van der Waals surface area contributed by atoms with E-state index in [0.29, 0.717) is 39.8 Å². The molecule has 1 fully saturated rings. The first-order chi connectivity index (χ1) is 23.1. The summed E-state index contributed by atoms with van der Waals surface area (Å²) >= 11 is 0. The minimum absolute atomic E-state index is 0.0599. The molecule has 3 unspecified atom stereocenters. The zero-order chi connectivity index (χ0) is 35.9. The molecule has 6 atom stereocenters. The van der Waals surface area contributed by atoms with E-state index in [1.165, 1.54) is 0 Å². The van der Waals surface area contributed by atoms with E-state index >= 15 is 0 Å². The van der Waals surface area contributed by atoms with Crippen molar-refractivity contribution in [2.24, 2.45) is 11.3 Å². The number of aliphatic hydroxyl groups excluding tert-OH is 2. The van der Waals surface area contributed by atoms with E-state index in [-0.39, 0.29) is 23.5 Å². The molecule has 1 aliphatic heterocycles. The van der Waals surface area contributed by atoms with Crippen molar-refractivity contribution in [3.05, 3.63) is 105 Å². The molecule has 0 saturated carbocycles. The van der Waals surface area contributed by atoms with Crippen LogP contribution in [0.25, 0.3) is 11.0 Å². The molecule has 49 heavy (non-hydrogen) atoms. The first kappa shape index (κ1) is 36.3. The van der Waals surface area contributed by atoms with Gasteiger partial charge in [-0.1, -0.05) is 65.0 Å². The fraction of sp³-hybridized carbons (Fsp3) is 0.463. The highest BCUT2D eigenvalue weighted by Gasteiger charge is 2.48. The maximum absolute atomic E-state index is 14.3. The lowest BCUT2D eigenvalue weighted by Gasteiger charge is -2.46. The normalized spacial score (nSPS) is 23.0. The van der Waals surface area contributed by atoms with Crippen LogP contribution in [0.2, 0.25) is 0 Å². The van der Waals surface area contributed by atoms with Crippen molar-refractivity contribution in [2.45, 2.75) is 104 Å².